The van der Waals surface area contributed by atoms with E-state index >= 15 is 0 Å². The van der Waals surface area contributed by atoms with Gasteiger partial charge in [0.1, 0.15) is 5.75 Å². The van der Waals surface area contributed by atoms with Gasteiger partial charge in [-0.2, -0.15) is 4.98 Å². The first-order chi connectivity index (χ1) is 14.1. The Balaban J connectivity index is 1.49. The van der Waals surface area contributed by atoms with Crippen molar-refractivity contribution in [3.8, 4) is 5.75 Å². The minimum Gasteiger partial charge on any atom is -0.508 e. The fourth-order valence-corrected chi connectivity index (χ4v) is 3.18. The fraction of sp³-hybridized carbons (Fsp3) is 0.318. The van der Waals surface area contributed by atoms with Gasteiger partial charge in [-0.05, 0) is 42.7 Å². The number of aliphatic carboxylic acids is 1. The Morgan fingerprint density at radius 2 is 1.93 bits per heavy atom. The molecule has 3 rings (SSSR count). The maximum absolute atomic E-state index is 11.2. The number of benzene rings is 2. The minimum absolute atomic E-state index is 0.0771. The van der Waals surface area contributed by atoms with Crippen LogP contribution in [0.1, 0.15) is 42.5 Å². The smallest absolute Gasteiger partial charge is 0.303 e. The maximum atomic E-state index is 11.2. The summed E-state index contributed by atoms with van der Waals surface area (Å²) in [6, 6.07) is 16.7. The molecule has 3 N–H and O–H groups in total. The van der Waals surface area contributed by atoms with Gasteiger partial charge in [-0.1, -0.05) is 35.5 Å². The molecule has 0 spiro atoms. The molecule has 0 bridgehead atoms. The molecule has 3 aromatic rings. The summed E-state index contributed by atoms with van der Waals surface area (Å²) in [5.74, 6) is -0.109. The van der Waals surface area contributed by atoms with Gasteiger partial charge < -0.3 is 20.1 Å². The monoisotopic (exact) mass is 395 g/mol. The molecule has 29 heavy (non-hydrogen) atoms. The predicted molar refractivity (Wildman–Crippen MR) is 109 cm³/mol. The lowest BCUT2D eigenvalue weighted by atomic mass is 9.92. The molecule has 0 saturated heterocycles. The standard InChI is InChI=1S/C22H25N3O4/c26-19-10-6-7-16(13-19)17(15-22(27)28)14-21-24-20(25-29-21)11-4-5-12-23-18-8-2-1-3-9-18/h1-3,6-10,13,17,23,26H,4-5,11-12,14-15H2,(H,27,28). The number of anilines is 1. The number of carbonyl (C=O) groups is 1. The zero-order valence-electron chi connectivity index (χ0n) is 16.1. The van der Waals surface area contributed by atoms with E-state index in [1.54, 1.807) is 24.3 Å². The van der Waals surface area contributed by atoms with Crippen molar-refractivity contribution in [1.29, 1.82) is 0 Å². The molecule has 7 heteroatoms. The number of phenolic OH excluding ortho intramolecular Hbond substituents is 1. The van der Waals surface area contributed by atoms with Gasteiger partial charge in [0.25, 0.3) is 0 Å². The van der Waals surface area contributed by atoms with Crippen LogP contribution >= 0.6 is 0 Å². The van der Waals surface area contributed by atoms with Crippen LogP contribution in [0.3, 0.4) is 0 Å². The van der Waals surface area contributed by atoms with E-state index in [2.05, 4.69) is 15.5 Å². The number of unbranched alkanes of at least 4 members (excludes halogenated alkanes) is 1. The molecule has 7 nitrogen and oxygen atoms in total. The van der Waals surface area contributed by atoms with Crippen molar-refractivity contribution in [3.63, 3.8) is 0 Å². The molecule has 1 unspecified atom stereocenters. The zero-order chi connectivity index (χ0) is 20.5. The number of para-hydroxylation sites is 1. The van der Waals surface area contributed by atoms with Gasteiger partial charge in [-0.3, -0.25) is 4.79 Å². The molecule has 1 aromatic heterocycles. The van der Waals surface area contributed by atoms with Crippen molar-refractivity contribution in [1.82, 2.24) is 10.1 Å². The van der Waals surface area contributed by atoms with Crippen LogP contribution in [0.2, 0.25) is 0 Å². The number of rotatable bonds is 11. The summed E-state index contributed by atoms with van der Waals surface area (Å²) in [6.45, 7) is 0.868. The summed E-state index contributed by atoms with van der Waals surface area (Å²) >= 11 is 0. The fourth-order valence-electron chi connectivity index (χ4n) is 3.18. The topological polar surface area (TPSA) is 108 Å². The quantitative estimate of drug-likeness (QED) is 0.421. The Labute approximate surface area is 169 Å². The molecule has 2 aromatic carbocycles. The number of aromatic hydroxyl groups is 1. The highest BCUT2D eigenvalue weighted by atomic mass is 16.5. The van der Waals surface area contributed by atoms with E-state index in [-0.39, 0.29) is 18.1 Å². The van der Waals surface area contributed by atoms with Crippen molar-refractivity contribution in [2.24, 2.45) is 0 Å². The van der Waals surface area contributed by atoms with E-state index in [9.17, 15) is 15.0 Å². The van der Waals surface area contributed by atoms with Gasteiger partial charge in [0, 0.05) is 31.0 Å². The second-order valence-electron chi connectivity index (χ2n) is 6.95. The van der Waals surface area contributed by atoms with Crippen LogP contribution in [0.15, 0.2) is 59.1 Å². The van der Waals surface area contributed by atoms with Crippen LogP contribution in [-0.4, -0.2) is 32.9 Å². The predicted octanol–water partition coefficient (Wildman–Crippen LogP) is 4.01. The van der Waals surface area contributed by atoms with Crippen molar-refractivity contribution < 1.29 is 19.5 Å². The number of nitrogens with one attached hydrogen (secondary N) is 1. The lowest BCUT2D eigenvalue weighted by Crippen LogP contribution is -2.09. The number of hydrogen-bond donors (Lipinski definition) is 3. The normalized spacial score (nSPS) is 11.9. The van der Waals surface area contributed by atoms with E-state index < -0.39 is 5.97 Å². The van der Waals surface area contributed by atoms with Gasteiger partial charge in [0.15, 0.2) is 5.82 Å². The highest BCUT2D eigenvalue weighted by Crippen LogP contribution is 2.26. The SMILES string of the molecule is O=C(O)CC(Cc1nc(CCCCNc2ccccc2)no1)c1cccc(O)c1. The number of carboxylic acid groups (broad SMARTS) is 1. The third-order valence-corrected chi connectivity index (χ3v) is 4.62. The van der Waals surface area contributed by atoms with E-state index in [0.717, 1.165) is 30.6 Å². The number of aryl methyl sites for hydroxylation is 1. The Bertz CT molecular complexity index is 911. The van der Waals surface area contributed by atoms with Gasteiger partial charge >= 0.3 is 5.97 Å². The van der Waals surface area contributed by atoms with Gasteiger partial charge in [0.05, 0.1) is 6.42 Å². The Hall–Kier alpha value is -3.35. The Morgan fingerprint density at radius 3 is 2.69 bits per heavy atom. The molecule has 152 valence electrons. The van der Waals surface area contributed by atoms with Crippen molar-refractivity contribution in [2.45, 2.75) is 38.0 Å². The molecule has 0 radical (unpaired) electrons. The molecule has 0 saturated carbocycles. The number of phenols is 1. The second kappa shape index (κ2) is 10.3. The summed E-state index contributed by atoms with van der Waals surface area (Å²) in [4.78, 5) is 15.6. The number of hydrogen-bond acceptors (Lipinski definition) is 6. The molecule has 0 aliphatic carbocycles. The van der Waals surface area contributed by atoms with Crippen LogP contribution in [-0.2, 0) is 17.6 Å². The summed E-state index contributed by atoms with van der Waals surface area (Å²) in [5, 5.41) is 26.3. The van der Waals surface area contributed by atoms with E-state index in [4.69, 9.17) is 4.52 Å². The summed E-state index contributed by atoms with van der Waals surface area (Å²) in [7, 11) is 0. The average molecular weight is 395 g/mol. The maximum Gasteiger partial charge on any atom is 0.303 e. The minimum atomic E-state index is -0.913. The van der Waals surface area contributed by atoms with Crippen molar-refractivity contribution in [2.75, 3.05) is 11.9 Å². The van der Waals surface area contributed by atoms with E-state index in [1.807, 2.05) is 30.3 Å². The Morgan fingerprint density at radius 1 is 1.10 bits per heavy atom. The highest BCUT2D eigenvalue weighted by molar-refractivity contribution is 5.68. The first-order valence-corrected chi connectivity index (χ1v) is 9.71. The molecule has 0 amide bonds. The van der Waals surface area contributed by atoms with Gasteiger partial charge in [0.2, 0.25) is 5.89 Å². The van der Waals surface area contributed by atoms with Gasteiger partial charge in [-0.15, -0.1) is 0 Å². The largest absolute Gasteiger partial charge is 0.508 e. The number of nitrogens with zero attached hydrogens (tertiary/aromatic N) is 2. The molecule has 0 aliphatic heterocycles. The molecular weight excluding hydrogens is 370 g/mol. The first kappa shape index (κ1) is 20.4. The molecule has 0 aliphatic rings. The van der Waals surface area contributed by atoms with Crippen molar-refractivity contribution in [3.05, 3.63) is 71.9 Å². The second-order valence-corrected chi connectivity index (χ2v) is 6.95. The number of aromatic nitrogens is 2. The zero-order valence-corrected chi connectivity index (χ0v) is 16.1. The van der Waals surface area contributed by atoms with Gasteiger partial charge in [-0.25, -0.2) is 0 Å². The van der Waals surface area contributed by atoms with Crippen LogP contribution in [0.5, 0.6) is 5.75 Å². The summed E-state index contributed by atoms with van der Waals surface area (Å²) in [6.07, 6.45) is 2.84. The summed E-state index contributed by atoms with van der Waals surface area (Å²) < 4.78 is 5.32. The molecule has 1 heterocycles. The lowest BCUT2D eigenvalue weighted by molar-refractivity contribution is -0.137. The van der Waals surface area contributed by atoms with E-state index in [1.165, 1.54) is 0 Å². The average Bonchev–Trinajstić information content (AvgIpc) is 3.15. The Kier molecular flexibility index (Phi) is 7.22. The molecule has 1 atom stereocenters. The van der Waals surface area contributed by atoms with E-state index in [0.29, 0.717) is 24.6 Å². The van der Waals surface area contributed by atoms with Crippen LogP contribution in [0, 0.1) is 0 Å². The lowest BCUT2D eigenvalue weighted by Gasteiger charge is -2.13. The van der Waals surface area contributed by atoms with Crippen LogP contribution in [0.4, 0.5) is 5.69 Å². The first-order valence-electron chi connectivity index (χ1n) is 9.71. The molecule has 0 fully saturated rings. The number of carboxylic acids is 1. The summed E-state index contributed by atoms with van der Waals surface area (Å²) in [5.41, 5.74) is 1.84. The van der Waals surface area contributed by atoms with Crippen LogP contribution < -0.4 is 5.32 Å². The third-order valence-electron chi connectivity index (χ3n) is 4.62. The highest BCUT2D eigenvalue weighted by Gasteiger charge is 2.20. The van der Waals surface area contributed by atoms with Crippen molar-refractivity contribution >= 4 is 11.7 Å². The third kappa shape index (κ3) is 6.64. The van der Waals surface area contributed by atoms with Crippen LogP contribution in [0.25, 0.3) is 0 Å². The molecular formula is C22H25N3O4.